The molecule has 0 bridgehead atoms. The predicted octanol–water partition coefficient (Wildman–Crippen LogP) is 4.34. The average molecular weight is 304 g/mol. The van der Waals surface area contributed by atoms with E-state index < -0.39 is 0 Å². The number of oxazole rings is 1. The van der Waals surface area contributed by atoms with Crippen molar-refractivity contribution in [2.24, 2.45) is 0 Å². The number of nitrogens with zero attached hydrogens (tertiary/aromatic N) is 1. The Morgan fingerprint density at radius 2 is 1.83 bits per heavy atom. The fourth-order valence-electron chi connectivity index (χ4n) is 2.29. The highest BCUT2D eigenvalue weighted by Gasteiger charge is 2.09. The number of anilines is 1. The Hall–Kier alpha value is -3.34. The maximum atomic E-state index is 11.9. The first kappa shape index (κ1) is 13.3. The van der Waals surface area contributed by atoms with Crippen molar-refractivity contribution < 1.29 is 13.6 Å². The summed E-state index contributed by atoms with van der Waals surface area (Å²) >= 11 is 0. The molecule has 1 N–H and O–H groups in total. The molecular weight excluding hydrogens is 292 g/mol. The summed E-state index contributed by atoms with van der Waals surface area (Å²) in [4.78, 5) is 16.4. The molecule has 23 heavy (non-hydrogen) atoms. The minimum absolute atomic E-state index is 0.214. The standard InChI is InChI=1S/C18H12N2O3/c21-17(13-9-10-22-11-13)19-14-7-5-12(6-8-14)18-20-15-3-1-2-4-16(15)23-18/h1-11H,(H,19,21). The first-order chi connectivity index (χ1) is 11.3. The van der Waals surface area contributed by atoms with Gasteiger partial charge in [-0.15, -0.1) is 0 Å². The number of amides is 1. The van der Waals surface area contributed by atoms with Gasteiger partial charge in [-0.3, -0.25) is 4.79 Å². The third-order valence-electron chi connectivity index (χ3n) is 3.47. The Balaban J connectivity index is 1.57. The molecule has 0 saturated heterocycles. The summed E-state index contributed by atoms with van der Waals surface area (Å²) in [6, 6.07) is 16.6. The van der Waals surface area contributed by atoms with Gasteiger partial charge in [-0.25, -0.2) is 4.98 Å². The van der Waals surface area contributed by atoms with Crippen molar-refractivity contribution in [1.82, 2.24) is 4.98 Å². The van der Waals surface area contributed by atoms with E-state index in [1.54, 1.807) is 6.07 Å². The second-order valence-electron chi connectivity index (χ2n) is 5.03. The Kier molecular flexibility index (Phi) is 3.16. The molecule has 5 nitrogen and oxygen atoms in total. The lowest BCUT2D eigenvalue weighted by atomic mass is 10.2. The molecule has 0 radical (unpaired) electrons. The molecule has 0 atom stereocenters. The highest BCUT2D eigenvalue weighted by molar-refractivity contribution is 6.04. The van der Waals surface area contributed by atoms with Gasteiger partial charge in [0.05, 0.1) is 11.8 Å². The van der Waals surface area contributed by atoms with Gasteiger partial charge < -0.3 is 14.2 Å². The minimum Gasteiger partial charge on any atom is -0.472 e. The summed E-state index contributed by atoms with van der Waals surface area (Å²) in [5.41, 5.74) is 3.59. The fraction of sp³-hybridized carbons (Fsp3) is 0. The zero-order chi connectivity index (χ0) is 15.6. The molecule has 112 valence electrons. The Morgan fingerprint density at radius 3 is 2.57 bits per heavy atom. The topological polar surface area (TPSA) is 68.3 Å². The predicted molar refractivity (Wildman–Crippen MR) is 86.1 cm³/mol. The Morgan fingerprint density at radius 1 is 1.00 bits per heavy atom. The molecule has 0 aliphatic heterocycles. The quantitative estimate of drug-likeness (QED) is 0.611. The lowest BCUT2D eigenvalue weighted by Crippen LogP contribution is -2.10. The molecule has 2 aromatic heterocycles. The number of hydrogen-bond donors (Lipinski definition) is 1. The van der Waals surface area contributed by atoms with Crippen molar-refractivity contribution >= 4 is 22.7 Å². The van der Waals surface area contributed by atoms with Crippen molar-refractivity contribution in [2.75, 3.05) is 5.32 Å². The van der Waals surface area contributed by atoms with Crippen LogP contribution in [0.5, 0.6) is 0 Å². The third-order valence-corrected chi connectivity index (χ3v) is 3.47. The molecule has 0 saturated carbocycles. The summed E-state index contributed by atoms with van der Waals surface area (Å²) in [7, 11) is 0. The highest BCUT2D eigenvalue weighted by Crippen LogP contribution is 2.25. The summed E-state index contributed by atoms with van der Waals surface area (Å²) in [6.07, 6.45) is 2.87. The van der Waals surface area contributed by atoms with Gasteiger partial charge >= 0.3 is 0 Å². The van der Waals surface area contributed by atoms with Gasteiger partial charge in [0, 0.05) is 11.3 Å². The molecule has 5 heteroatoms. The number of aromatic nitrogens is 1. The summed E-state index contributed by atoms with van der Waals surface area (Å²) in [5.74, 6) is 0.340. The molecule has 4 aromatic rings. The largest absolute Gasteiger partial charge is 0.472 e. The number of rotatable bonds is 3. The number of furan rings is 1. The second-order valence-corrected chi connectivity index (χ2v) is 5.03. The first-order valence-corrected chi connectivity index (χ1v) is 7.09. The van der Waals surface area contributed by atoms with Crippen LogP contribution in [0.2, 0.25) is 0 Å². The number of fused-ring (bicyclic) bond motifs is 1. The van der Waals surface area contributed by atoms with Crippen LogP contribution < -0.4 is 5.32 Å². The van der Waals surface area contributed by atoms with E-state index in [2.05, 4.69) is 10.3 Å². The van der Waals surface area contributed by atoms with E-state index in [1.807, 2.05) is 48.5 Å². The van der Waals surface area contributed by atoms with Gasteiger partial charge in [-0.05, 0) is 42.5 Å². The van der Waals surface area contributed by atoms with Crippen LogP contribution in [0.4, 0.5) is 5.69 Å². The van der Waals surface area contributed by atoms with Gasteiger partial charge in [0.25, 0.3) is 5.91 Å². The van der Waals surface area contributed by atoms with Crippen molar-refractivity contribution in [3.63, 3.8) is 0 Å². The van der Waals surface area contributed by atoms with Crippen molar-refractivity contribution in [2.45, 2.75) is 0 Å². The molecule has 2 aromatic carbocycles. The van der Waals surface area contributed by atoms with Gasteiger partial charge in [0.2, 0.25) is 5.89 Å². The lowest BCUT2D eigenvalue weighted by Gasteiger charge is -2.03. The van der Waals surface area contributed by atoms with E-state index in [-0.39, 0.29) is 5.91 Å². The highest BCUT2D eigenvalue weighted by atomic mass is 16.3. The third kappa shape index (κ3) is 2.60. The Bertz CT molecular complexity index is 921. The number of nitrogens with one attached hydrogen (secondary N) is 1. The number of para-hydroxylation sites is 2. The summed E-state index contributed by atoms with van der Waals surface area (Å²) in [5, 5.41) is 2.80. The van der Waals surface area contributed by atoms with Crippen LogP contribution in [0.1, 0.15) is 10.4 Å². The molecule has 0 unspecified atom stereocenters. The van der Waals surface area contributed by atoms with Crippen LogP contribution in [-0.2, 0) is 0 Å². The van der Waals surface area contributed by atoms with E-state index in [4.69, 9.17) is 8.83 Å². The van der Waals surface area contributed by atoms with Crippen molar-refractivity contribution in [1.29, 1.82) is 0 Å². The van der Waals surface area contributed by atoms with Gasteiger partial charge in [0.15, 0.2) is 5.58 Å². The van der Waals surface area contributed by atoms with Crippen LogP contribution in [0, 0.1) is 0 Å². The molecule has 0 fully saturated rings. The second kappa shape index (κ2) is 5.46. The van der Waals surface area contributed by atoms with E-state index in [1.165, 1.54) is 12.5 Å². The van der Waals surface area contributed by atoms with E-state index >= 15 is 0 Å². The van der Waals surface area contributed by atoms with Crippen LogP contribution in [0.15, 0.2) is 76.0 Å². The number of hydrogen-bond acceptors (Lipinski definition) is 4. The molecular formula is C18H12N2O3. The zero-order valence-electron chi connectivity index (χ0n) is 12.0. The van der Waals surface area contributed by atoms with Gasteiger partial charge in [0.1, 0.15) is 11.8 Å². The van der Waals surface area contributed by atoms with Crippen LogP contribution in [0.25, 0.3) is 22.6 Å². The van der Waals surface area contributed by atoms with Crippen molar-refractivity contribution in [3.8, 4) is 11.5 Å². The van der Waals surface area contributed by atoms with Crippen LogP contribution in [-0.4, -0.2) is 10.9 Å². The van der Waals surface area contributed by atoms with Crippen LogP contribution >= 0.6 is 0 Å². The monoisotopic (exact) mass is 304 g/mol. The lowest BCUT2D eigenvalue weighted by molar-refractivity contribution is 0.102. The molecule has 0 spiro atoms. The van der Waals surface area contributed by atoms with Gasteiger partial charge in [-0.1, -0.05) is 12.1 Å². The maximum absolute atomic E-state index is 11.9. The Labute approximate surface area is 131 Å². The summed E-state index contributed by atoms with van der Waals surface area (Å²) in [6.45, 7) is 0. The molecule has 2 heterocycles. The number of carbonyl (C=O) groups excluding carboxylic acids is 1. The normalized spacial score (nSPS) is 10.8. The summed E-state index contributed by atoms with van der Waals surface area (Å²) < 4.78 is 10.6. The first-order valence-electron chi connectivity index (χ1n) is 7.09. The maximum Gasteiger partial charge on any atom is 0.258 e. The van der Waals surface area contributed by atoms with E-state index in [0.717, 1.165) is 16.7 Å². The van der Waals surface area contributed by atoms with Gasteiger partial charge in [-0.2, -0.15) is 0 Å². The molecule has 0 aliphatic rings. The molecule has 0 aliphatic carbocycles. The minimum atomic E-state index is -0.214. The number of carbonyl (C=O) groups is 1. The van der Waals surface area contributed by atoms with E-state index in [0.29, 0.717) is 17.1 Å². The average Bonchev–Trinajstić information content (AvgIpc) is 3.25. The molecule has 1 amide bonds. The van der Waals surface area contributed by atoms with E-state index in [9.17, 15) is 4.79 Å². The van der Waals surface area contributed by atoms with Crippen LogP contribution in [0.3, 0.4) is 0 Å². The number of benzene rings is 2. The SMILES string of the molecule is O=C(Nc1ccc(-c2nc3ccccc3o2)cc1)c1ccoc1. The van der Waals surface area contributed by atoms with Crippen molar-refractivity contribution in [3.05, 3.63) is 72.7 Å². The zero-order valence-corrected chi connectivity index (χ0v) is 12.0. The smallest absolute Gasteiger partial charge is 0.258 e. The fourth-order valence-corrected chi connectivity index (χ4v) is 2.29. The molecule has 4 rings (SSSR count).